The normalized spacial score (nSPS) is 29.0. The van der Waals surface area contributed by atoms with E-state index in [1.165, 1.54) is 17.1 Å². The van der Waals surface area contributed by atoms with Crippen LogP contribution in [0.25, 0.3) is 0 Å². The molecule has 4 aliphatic rings. The highest BCUT2D eigenvalue weighted by molar-refractivity contribution is 5.95. The van der Waals surface area contributed by atoms with Gasteiger partial charge in [-0.15, -0.1) is 5.73 Å². The minimum absolute atomic E-state index is 0.0450. The van der Waals surface area contributed by atoms with E-state index in [4.69, 9.17) is 9.47 Å². The molecule has 254 valence electrons. The number of benzene rings is 1. The molecule has 1 saturated carbocycles. The van der Waals surface area contributed by atoms with E-state index < -0.39 is 90.2 Å². The molecular weight excluding hydrogens is 616 g/mol. The van der Waals surface area contributed by atoms with Gasteiger partial charge in [0.25, 0.3) is 0 Å². The van der Waals surface area contributed by atoms with Crippen LogP contribution in [0, 0.1) is 11.8 Å². The number of carbonyl (C=O) groups is 5. The van der Waals surface area contributed by atoms with Crippen LogP contribution < -0.4 is 5.32 Å². The molecule has 0 bridgehead atoms. The van der Waals surface area contributed by atoms with E-state index in [2.05, 4.69) is 11.0 Å². The number of esters is 1. The molecule has 0 radical (unpaired) electrons. The van der Waals surface area contributed by atoms with Gasteiger partial charge in [0.05, 0.1) is 13.0 Å². The van der Waals surface area contributed by atoms with Gasteiger partial charge in [-0.2, -0.15) is 0 Å². The number of hydrogen-bond donors (Lipinski definition) is 2. The minimum Gasteiger partial charge on any atom is -0.479 e. The van der Waals surface area contributed by atoms with Crippen molar-refractivity contribution in [3.63, 3.8) is 0 Å². The van der Waals surface area contributed by atoms with Gasteiger partial charge in [0, 0.05) is 44.2 Å². The summed E-state index contributed by atoms with van der Waals surface area (Å²) in [6.45, 7) is 5.34. The molecule has 13 heteroatoms. The number of ether oxygens (including phenoxy) is 2. The van der Waals surface area contributed by atoms with Crippen LogP contribution in [0.4, 0.5) is 13.6 Å². The summed E-state index contributed by atoms with van der Waals surface area (Å²) in [6.07, 6.45) is -0.973. The molecule has 2 N–H and O–H groups in total. The van der Waals surface area contributed by atoms with Crippen LogP contribution in [0.5, 0.6) is 0 Å². The summed E-state index contributed by atoms with van der Waals surface area (Å²) in [4.78, 5) is 68.9. The molecule has 47 heavy (non-hydrogen) atoms. The first-order valence-corrected chi connectivity index (χ1v) is 16.0. The number of carboxylic acids is 1. The molecule has 5 rings (SSSR count). The highest BCUT2D eigenvalue weighted by Gasteiger charge is 2.61. The molecule has 2 fully saturated rings. The molecule has 1 saturated heterocycles. The number of carbonyl (C=O) groups excluding carboxylic acids is 4. The molecule has 0 unspecified atom stereocenters. The zero-order valence-corrected chi connectivity index (χ0v) is 26.8. The number of amides is 3. The summed E-state index contributed by atoms with van der Waals surface area (Å²) < 4.78 is 41.1. The maximum atomic E-state index is 15.0. The molecule has 1 aromatic rings. The van der Waals surface area contributed by atoms with Crippen molar-refractivity contribution in [3.05, 3.63) is 53.3 Å². The Balaban J connectivity index is 1.41. The first kappa shape index (κ1) is 34.1. The van der Waals surface area contributed by atoms with E-state index >= 15 is 0 Å². The molecule has 5 atom stereocenters. The van der Waals surface area contributed by atoms with E-state index in [9.17, 15) is 37.9 Å². The fourth-order valence-corrected chi connectivity index (χ4v) is 6.48. The Morgan fingerprint density at radius 3 is 2.43 bits per heavy atom. The second kappa shape index (κ2) is 13.1. The Bertz CT molecular complexity index is 1470. The lowest BCUT2D eigenvalue weighted by atomic mass is 9.93. The Morgan fingerprint density at radius 2 is 1.79 bits per heavy atom. The monoisotopic (exact) mass is 657 g/mol. The smallest absolute Gasteiger partial charge is 0.410 e. The summed E-state index contributed by atoms with van der Waals surface area (Å²) in [5.41, 5.74) is 2.17. The Labute approximate surface area is 271 Å². The van der Waals surface area contributed by atoms with Crippen LogP contribution in [0.3, 0.4) is 0 Å². The summed E-state index contributed by atoms with van der Waals surface area (Å²) in [6, 6.07) is 6.27. The first-order chi connectivity index (χ1) is 22.1. The van der Waals surface area contributed by atoms with Crippen LogP contribution in [-0.2, 0) is 41.7 Å². The van der Waals surface area contributed by atoms with Crippen molar-refractivity contribution in [1.29, 1.82) is 0 Å². The maximum Gasteiger partial charge on any atom is 0.410 e. The molecule has 3 amide bonds. The Kier molecular flexibility index (Phi) is 9.50. The number of aliphatic carboxylic acids is 1. The molecule has 3 aliphatic heterocycles. The van der Waals surface area contributed by atoms with E-state index in [0.717, 1.165) is 16.0 Å². The largest absolute Gasteiger partial charge is 0.479 e. The van der Waals surface area contributed by atoms with Gasteiger partial charge >= 0.3 is 18.0 Å². The molecule has 11 nitrogen and oxygen atoms in total. The second-order valence-electron chi connectivity index (χ2n) is 13.9. The number of halogens is 2. The van der Waals surface area contributed by atoms with E-state index in [-0.39, 0.29) is 32.2 Å². The zero-order chi connectivity index (χ0) is 34.1. The number of nitrogens with zero attached hydrogens (tertiary/aromatic N) is 2. The second-order valence-corrected chi connectivity index (χ2v) is 13.9. The Hall–Kier alpha value is -4.25. The highest BCUT2D eigenvalue weighted by atomic mass is 19.3. The molecule has 1 aliphatic carbocycles. The average molecular weight is 658 g/mol. The van der Waals surface area contributed by atoms with Crippen molar-refractivity contribution in [3.8, 4) is 0 Å². The fourth-order valence-electron chi connectivity index (χ4n) is 6.48. The first-order valence-electron chi connectivity index (χ1n) is 16.0. The van der Waals surface area contributed by atoms with Crippen molar-refractivity contribution in [2.45, 2.75) is 108 Å². The molecule has 1 aromatic carbocycles. The van der Waals surface area contributed by atoms with Crippen molar-refractivity contribution >= 4 is 29.8 Å². The van der Waals surface area contributed by atoms with Crippen LogP contribution >= 0.6 is 0 Å². The van der Waals surface area contributed by atoms with Crippen LogP contribution in [0.1, 0.15) is 76.8 Å². The fraction of sp³-hybridized carbons (Fsp3) is 0.588. The van der Waals surface area contributed by atoms with Crippen molar-refractivity contribution in [2.75, 3.05) is 6.54 Å². The predicted molar refractivity (Wildman–Crippen MR) is 163 cm³/mol. The Morgan fingerprint density at radius 1 is 1.11 bits per heavy atom. The predicted octanol–water partition coefficient (Wildman–Crippen LogP) is 4.34. The highest BCUT2D eigenvalue weighted by Crippen LogP contribution is 2.45. The van der Waals surface area contributed by atoms with Gasteiger partial charge in [-0.3, -0.25) is 19.3 Å². The molecule has 3 heterocycles. The van der Waals surface area contributed by atoms with E-state index in [1.807, 2.05) is 24.3 Å². The lowest BCUT2D eigenvalue weighted by Crippen LogP contribution is -2.54. The average Bonchev–Trinajstić information content (AvgIpc) is 3.30. The van der Waals surface area contributed by atoms with Gasteiger partial charge in [-0.05, 0) is 63.3 Å². The van der Waals surface area contributed by atoms with Gasteiger partial charge in [-0.25, -0.2) is 18.4 Å². The van der Waals surface area contributed by atoms with Crippen molar-refractivity contribution < 1.29 is 47.3 Å². The van der Waals surface area contributed by atoms with Crippen molar-refractivity contribution in [1.82, 2.24) is 15.1 Å². The third kappa shape index (κ3) is 8.01. The molecule has 0 aromatic heterocycles. The molecular formula is C34H41F2N3O8. The summed E-state index contributed by atoms with van der Waals surface area (Å²) in [5, 5.41) is 12.6. The number of nitrogens with one attached hydrogen (secondary N) is 1. The minimum atomic E-state index is -3.17. The lowest BCUT2D eigenvalue weighted by Gasteiger charge is -2.30. The van der Waals surface area contributed by atoms with E-state index in [0.29, 0.717) is 13.1 Å². The summed E-state index contributed by atoms with van der Waals surface area (Å²) in [5.74, 6) is -8.63. The van der Waals surface area contributed by atoms with Crippen molar-refractivity contribution in [2.24, 2.45) is 11.8 Å². The van der Waals surface area contributed by atoms with Crippen LogP contribution in [0.15, 0.2) is 42.1 Å². The SMILES string of the molecule is CC(C)(C)OC(=O)C[C@H]1CCC(F)(F)CCC=C=C[C@@H]2C[C@@]2(C(=O)O)NC(=O)[C@@H]2C[C@@H](OC(=O)N3Cc4ccccc4C3)CN2C1=O. The number of fused-ring (bicyclic) bond motifs is 3. The van der Waals surface area contributed by atoms with Crippen LogP contribution in [-0.4, -0.2) is 80.5 Å². The van der Waals surface area contributed by atoms with Gasteiger partial charge < -0.3 is 24.8 Å². The maximum absolute atomic E-state index is 15.0. The standard InChI is InChI=1S/C34H41F2N3O8/c1-32(2,3)47-27(40)15-21-12-14-33(35,36)13-8-4-5-11-24-17-34(24,30(43)44)37-28(41)26-16-25(20-39(26)29(21)42)46-31(45)38-18-22-9-6-7-10-23(22)19-38/h4,6-7,9-11,21,24-26H,8,12-20H2,1-3H3,(H,37,41)(H,43,44)/t5?,21-,24-,25-,26+,34-/m1/s1. The quantitative estimate of drug-likeness (QED) is 0.360. The zero-order valence-electron chi connectivity index (χ0n) is 26.8. The number of carboxylic acid groups (broad SMARTS) is 1. The van der Waals surface area contributed by atoms with Gasteiger partial charge in [0.2, 0.25) is 17.7 Å². The lowest BCUT2D eigenvalue weighted by molar-refractivity contribution is -0.159. The number of rotatable bonds is 4. The number of hydrogen-bond acceptors (Lipinski definition) is 7. The van der Waals surface area contributed by atoms with E-state index in [1.54, 1.807) is 20.8 Å². The van der Waals surface area contributed by atoms with Gasteiger partial charge in [0.1, 0.15) is 23.3 Å². The number of alkyl halides is 2. The van der Waals surface area contributed by atoms with Gasteiger partial charge in [0.15, 0.2) is 0 Å². The summed E-state index contributed by atoms with van der Waals surface area (Å²) >= 11 is 0. The third-order valence-electron chi connectivity index (χ3n) is 9.07. The molecule has 0 spiro atoms. The third-order valence-corrected chi connectivity index (χ3v) is 9.07. The topological polar surface area (TPSA) is 143 Å². The van der Waals surface area contributed by atoms with Crippen LogP contribution in [0.2, 0.25) is 0 Å². The summed E-state index contributed by atoms with van der Waals surface area (Å²) in [7, 11) is 0. The van der Waals surface area contributed by atoms with Gasteiger partial charge in [-0.1, -0.05) is 24.3 Å².